The van der Waals surface area contributed by atoms with E-state index in [-0.39, 0.29) is 6.09 Å². The van der Waals surface area contributed by atoms with E-state index in [1.807, 2.05) is 68.5 Å². The van der Waals surface area contributed by atoms with Crippen molar-refractivity contribution in [3.05, 3.63) is 72.8 Å². The van der Waals surface area contributed by atoms with Gasteiger partial charge in [0.05, 0.1) is 0 Å². The highest BCUT2D eigenvalue weighted by molar-refractivity contribution is 6.32. The Kier molecular flexibility index (Phi) is 4.24. The van der Waals surface area contributed by atoms with Gasteiger partial charge in [0, 0.05) is 25.1 Å². The summed E-state index contributed by atoms with van der Waals surface area (Å²) in [7, 11) is 2.02. The summed E-state index contributed by atoms with van der Waals surface area (Å²) in [4.78, 5) is 14.3. The quantitative estimate of drug-likeness (QED) is 0.642. The second kappa shape index (κ2) is 6.33. The Morgan fingerprint density at radius 1 is 1.22 bits per heavy atom. The predicted octanol–water partition coefficient (Wildman–Crippen LogP) is 2.76. The fourth-order valence-corrected chi connectivity index (χ4v) is 3.13. The van der Waals surface area contributed by atoms with Crippen molar-refractivity contribution in [2.75, 3.05) is 11.4 Å². The number of anilines is 1. The number of rotatable bonds is 4. The number of hydrogen-bond donors (Lipinski definition) is 0. The molecule has 0 aromatic heterocycles. The molecular weight excluding hydrogens is 285 g/mol. The standard InChI is InChI=1S/C19H20BNO2/c1-2-11-19(15-7-4-3-5-8-15)12-13-21(18(22)23-19)17-10-6-9-16(20)14-17/h2-10,14H,1,11-13,20H2. The molecule has 1 heterocycles. The fraction of sp³-hybridized carbons (Fsp3) is 0.211. The maximum atomic E-state index is 12.6. The average Bonchev–Trinajstić information content (AvgIpc) is 2.56. The monoisotopic (exact) mass is 305 g/mol. The van der Waals surface area contributed by atoms with Crippen molar-refractivity contribution in [3.63, 3.8) is 0 Å². The summed E-state index contributed by atoms with van der Waals surface area (Å²) in [6, 6.07) is 17.9. The molecule has 1 aliphatic rings. The first-order valence-electron chi connectivity index (χ1n) is 7.88. The summed E-state index contributed by atoms with van der Waals surface area (Å²) in [5, 5.41) is 0. The van der Waals surface area contributed by atoms with Crippen LogP contribution in [0.25, 0.3) is 0 Å². The van der Waals surface area contributed by atoms with Gasteiger partial charge in [0.1, 0.15) is 13.4 Å². The minimum absolute atomic E-state index is 0.299. The van der Waals surface area contributed by atoms with Crippen LogP contribution in [0.15, 0.2) is 67.3 Å². The Bertz CT molecular complexity index is 716. The Balaban J connectivity index is 1.89. The van der Waals surface area contributed by atoms with Crippen molar-refractivity contribution in [2.45, 2.75) is 18.4 Å². The van der Waals surface area contributed by atoms with E-state index in [1.165, 1.54) is 0 Å². The molecule has 0 saturated carbocycles. The Morgan fingerprint density at radius 2 is 2.00 bits per heavy atom. The fourth-order valence-electron chi connectivity index (χ4n) is 3.13. The normalized spacial score (nSPS) is 20.9. The molecule has 3 nitrogen and oxygen atoms in total. The maximum absolute atomic E-state index is 12.6. The molecule has 1 aliphatic heterocycles. The van der Waals surface area contributed by atoms with Crippen molar-refractivity contribution < 1.29 is 9.53 Å². The lowest BCUT2D eigenvalue weighted by molar-refractivity contribution is -0.00681. The molecule has 2 aromatic carbocycles. The minimum atomic E-state index is -0.611. The van der Waals surface area contributed by atoms with Gasteiger partial charge in [0.15, 0.2) is 0 Å². The van der Waals surface area contributed by atoms with Gasteiger partial charge in [-0.25, -0.2) is 4.79 Å². The molecule has 1 saturated heterocycles. The van der Waals surface area contributed by atoms with E-state index in [4.69, 9.17) is 4.74 Å². The number of amides is 1. The third-order valence-electron chi connectivity index (χ3n) is 4.33. The lowest BCUT2D eigenvalue weighted by Crippen LogP contribution is -2.48. The molecule has 0 radical (unpaired) electrons. The summed E-state index contributed by atoms with van der Waals surface area (Å²) in [6.07, 6.45) is 2.88. The summed E-state index contributed by atoms with van der Waals surface area (Å²) in [5.74, 6) is 0. The molecule has 1 unspecified atom stereocenters. The summed E-state index contributed by atoms with van der Waals surface area (Å²) in [5.41, 5.74) is 2.43. The van der Waals surface area contributed by atoms with E-state index in [0.29, 0.717) is 13.0 Å². The Morgan fingerprint density at radius 3 is 2.65 bits per heavy atom. The number of benzene rings is 2. The lowest BCUT2D eigenvalue weighted by Gasteiger charge is -2.41. The first-order chi connectivity index (χ1) is 11.1. The second-order valence-electron chi connectivity index (χ2n) is 5.96. The van der Waals surface area contributed by atoms with Gasteiger partial charge in [-0.2, -0.15) is 0 Å². The van der Waals surface area contributed by atoms with E-state index in [2.05, 4.69) is 6.58 Å². The maximum Gasteiger partial charge on any atom is 0.415 e. The SMILES string of the molecule is Bc1cccc(N2CCC(CC=C)(c3ccccc3)OC2=O)c1. The molecule has 4 heteroatoms. The van der Waals surface area contributed by atoms with Crippen LogP contribution in [0.1, 0.15) is 18.4 Å². The molecule has 2 aromatic rings. The van der Waals surface area contributed by atoms with Crippen molar-refractivity contribution in [1.29, 1.82) is 0 Å². The van der Waals surface area contributed by atoms with Gasteiger partial charge >= 0.3 is 6.09 Å². The van der Waals surface area contributed by atoms with Crippen LogP contribution in [0.4, 0.5) is 10.5 Å². The molecule has 23 heavy (non-hydrogen) atoms. The molecule has 0 spiro atoms. The largest absolute Gasteiger partial charge is 0.437 e. The molecular formula is C19H20BNO2. The van der Waals surface area contributed by atoms with Crippen LogP contribution in [0, 0.1) is 0 Å². The van der Waals surface area contributed by atoms with Crippen LogP contribution in [0.5, 0.6) is 0 Å². The summed E-state index contributed by atoms with van der Waals surface area (Å²) < 4.78 is 5.92. The highest BCUT2D eigenvalue weighted by Crippen LogP contribution is 2.38. The predicted molar refractivity (Wildman–Crippen MR) is 96.0 cm³/mol. The topological polar surface area (TPSA) is 29.5 Å². The van der Waals surface area contributed by atoms with E-state index in [9.17, 15) is 4.79 Å². The molecule has 1 atom stereocenters. The Labute approximate surface area is 138 Å². The van der Waals surface area contributed by atoms with Gasteiger partial charge in [-0.15, -0.1) is 6.58 Å². The zero-order chi connectivity index (χ0) is 16.3. The number of cyclic esters (lactones) is 1. The first kappa shape index (κ1) is 15.4. The van der Waals surface area contributed by atoms with Crippen molar-refractivity contribution in [1.82, 2.24) is 0 Å². The van der Waals surface area contributed by atoms with E-state index in [1.54, 1.807) is 4.90 Å². The van der Waals surface area contributed by atoms with Crippen LogP contribution in [0.3, 0.4) is 0 Å². The minimum Gasteiger partial charge on any atom is -0.437 e. The molecule has 1 fully saturated rings. The molecule has 0 aliphatic carbocycles. The lowest BCUT2D eigenvalue weighted by atomic mass is 9.85. The van der Waals surface area contributed by atoms with Gasteiger partial charge in [0.25, 0.3) is 0 Å². The van der Waals surface area contributed by atoms with Gasteiger partial charge in [-0.1, -0.05) is 54.0 Å². The van der Waals surface area contributed by atoms with E-state index < -0.39 is 5.60 Å². The van der Waals surface area contributed by atoms with Crippen LogP contribution < -0.4 is 10.4 Å². The zero-order valence-electron chi connectivity index (χ0n) is 13.4. The van der Waals surface area contributed by atoms with Gasteiger partial charge in [0.2, 0.25) is 0 Å². The number of nitrogens with zero attached hydrogens (tertiary/aromatic N) is 1. The highest BCUT2D eigenvalue weighted by Gasteiger charge is 2.41. The van der Waals surface area contributed by atoms with E-state index in [0.717, 1.165) is 23.1 Å². The molecule has 0 N–H and O–H groups in total. The van der Waals surface area contributed by atoms with Crippen molar-refractivity contribution in [3.8, 4) is 0 Å². The molecule has 3 rings (SSSR count). The number of carbonyl (C=O) groups is 1. The van der Waals surface area contributed by atoms with Gasteiger partial charge in [-0.05, 0) is 17.7 Å². The smallest absolute Gasteiger partial charge is 0.415 e. The van der Waals surface area contributed by atoms with Crippen LogP contribution in [0.2, 0.25) is 0 Å². The second-order valence-corrected chi connectivity index (χ2v) is 5.96. The zero-order valence-corrected chi connectivity index (χ0v) is 13.4. The van der Waals surface area contributed by atoms with Crippen molar-refractivity contribution >= 4 is 25.1 Å². The number of hydrogen-bond acceptors (Lipinski definition) is 2. The van der Waals surface area contributed by atoms with Gasteiger partial charge < -0.3 is 4.74 Å². The third-order valence-corrected chi connectivity index (χ3v) is 4.33. The number of ether oxygens (including phenoxy) is 1. The van der Waals surface area contributed by atoms with Crippen LogP contribution >= 0.6 is 0 Å². The average molecular weight is 305 g/mol. The summed E-state index contributed by atoms with van der Waals surface area (Å²) >= 11 is 0. The van der Waals surface area contributed by atoms with Crippen molar-refractivity contribution in [2.24, 2.45) is 0 Å². The molecule has 116 valence electrons. The van der Waals surface area contributed by atoms with Gasteiger partial charge in [-0.3, -0.25) is 4.90 Å². The van der Waals surface area contributed by atoms with Crippen LogP contribution in [-0.2, 0) is 10.3 Å². The molecule has 1 amide bonds. The molecule has 0 bridgehead atoms. The first-order valence-corrected chi connectivity index (χ1v) is 7.88. The Hall–Kier alpha value is -2.49. The summed E-state index contributed by atoms with van der Waals surface area (Å²) in [6.45, 7) is 4.46. The highest BCUT2D eigenvalue weighted by atomic mass is 16.6. The van der Waals surface area contributed by atoms with E-state index >= 15 is 0 Å². The van der Waals surface area contributed by atoms with Crippen LogP contribution in [-0.4, -0.2) is 20.5 Å². The third kappa shape index (κ3) is 3.02. The number of carbonyl (C=O) groups excluding carboxylic acids is 1.